The molecule has 0 fully saturated rings. The quantitative estimate of drug-likeness (QED) is 0.540. The molecule has 2 N–H and O–H groups in total. The molecule has 0 spiro atoms. The van der Waals surface area contributed by atoms with Crippen LogP contribution >= 0.6 is 23.2 Å². The molecule has 0 aromatic heterocycles. The third-order valence-electron chi connectivity index (χ3n) is 0.775. The van der Waals surface area contributed by atoms with Gasteiger partial charge in [0, 0.05) is 0 Å². The molecule has 6 nitrogen and oxygen atoms in total. The topological polar surface area (TPSA) is 109 Å². The second-order valence-electron chi connectivity index (χ2n) is 1.73. The number of hydrogen-bond donors (Lipinski definition) is 2. The standard InChI is InChI=1S/C2H4Cl2O6S2/c3-1(11(5,6)7)2(4)12(8,9)10/h1-2H,(H,5,6,7)(H,8,9,10). The van der Waals surface area contributed by atoms with Gasteiger partial charge in [0.15, 0.2) is 9.42 Å². The highest BCUT2D eigenvalue weighted by molar-refractivity contribution is 7.92. The van der Waals surface area contributed by atoms with Crippen LogP contribution < -0.4 is 0 Å². The van der Waals surface area contributed by atoms with E-state index in [2.05, 4.69) is 0 Å². The molecule has 0 amide bonds. The van der Waals surface area contributed by atoms with Crippen LogP contribution in [0.1, 0.15) is 0 Å². The van der Waals surface area contributed by atoms with Gasteiger partial charge in [0.2, 0.25) is 0 Å². The molecule has 0 aliphatic carbocycles. The maximum absolute atomic E-state index is 10.2. The molecule has 0 aromatic carbocycles. The molecule has 0 aliphatic rings. The highest BCUT2D eigenvalue weighted by Crippen LogP contribution is 2.19. The lowest BCUT2D eigenvalue weighted by Gasteiger charge is -2.09. The first-order chi connectivity index (χ1) is 5.07. The molecule has 2 unspecified atom stereocenters. The fourth-order valence-corrected chi connectivity index (χ4v) is 2.43. The number of hydrogen-bond acceptors (Lipinski definition) is 4. The molecule has 0 saturated carbocycles. The Morgan fingerprint density at radius 2 is 1.00 bits per heavy atom. The summed E-state index contributed by atoms with van der Waals surface area (Å²) < 4.78 is 52.5. The van der Waals surface area contributed by atoms with Crippen LogP contribution in [-0.2, 0) is 20.2 Å². The van der Waals surface area contributed by atoms with Crippen molar-refractivity contribution in [2.45, 2.75) is 9.42 Å². The van der Waals surface area contributed by atoms with Gasteiger partial charge in [0.1, 0.15) is 0 Å². The van der Waals surface area contributed by atoms with Crippen LogP contribution in [0, 0.1) is 0 Å². The molecule has 12 heavy (non-hydrogen) atoms. The first-order valence-corrected chi connectivity index (χ1v) is 6.15. The van der Waals surface area contributed by atoms with Crippen molar-refractivity contribution in [3.05, 3.63) is 0 Å². The van der Waals surface area contributed by atoms with E-state index in [0.717, 1.165) is 0 Å². The molecule has 0 heterocycles. The summed E-state index contributed by atoms with van der Waals surface area (Å²) in [4.78, 5) is 0. The molecular weight excluding hydrogens is 255 g/mol. The van der Waals surface area contributed by atoms with Gasteiger partial charge >= 0.3 is 0 Å². The summed E-state index contributed by atoms with van der Waals surface area (Å²) in [6, 6.07) is 0. The number of halogens is 2. The van der Waals surface area contributed by atoms with Crippen LogP contribution in [0.15, 0.2) is 0 Å². The minimum atomic E-state index is -4.79. The normalized spacial score (nSPS) is 18.7. The third-order valence-corrected chi connectivity index (χ3v) is 4.91. The van der Waals surface area contributed by atoms with E-state index in [-0.39, 0.29) is 0 Å². The summed E-state index contributed by atoms with van der Waals surface area (Å²) >= 11 is 9.77. The largest absolute Gasteiger partial charge is 0.284 e. The second-order valence-corrected chi connectivity index (χ2v) is 6.27. The van der Waals surface area contributed by atoms with Crippen LogP contribution in [-0.4, -0.2) is 35.4 Å². The maximum Gasteiger partial charge on any atom is 0.284 e. The third kappa shape index (κ3) is 3.42. The van der Waals surface area contributed by atoms with Crippen molar-refractivity contribution in [3.63, 3.8) is 0 Å². The minimum absolute atomic E-state index is 2.30. The van der Waals surface area contributed by atoms with Crippen molar-refractivity contribution < 1.29 is 25.9 Å². The molecule has 2 atom stereocenters. The van der Waals surface area contributed by atoms with Gasteiger partial charge in [-0.25, -0.2) is 0 Å². The van der Waals surface area contributed by atoms with Gasteiger partial charge in [-0.05, 0) is 0 Å². The van der Waals surface area contributed by atoms with E-state index in [9.17, 15) is 16.8 Å². The first-order valence-electron chi connectivity index (χ1n) is 2.27. The van der Waals surface area contributed by atoms with Crippen LogP contribution in [0.3, 0.4) is 0 Å². The summed E-state index contributed by atoms with van der Waals surface area (Å²) in [6.07, 6.45) is 0. The smallest absolute Gasteiger partial charge is 0.284 e. The summed E-state index contributed by atoms with van der Waals surface area (Å²) in [6.45, 7) is 0. The van der Waals surface area contributed by atoms with E-state index in [4.69, 9.17) is 32.3 Å². The van der Waals surface area contributed by atoms with E-state index in [0.29, 0.717) is 0 Å². The average Bonchev–Trinajstić information content (AvgIpc) is 1.80. The van der Waals surface area contributed by atoms with Crippen molar-refractivity contribution in [3.8, 4) is 0 Å². The Kier molecular flexibility index (Phi) is 3.76. The molecule has 0 aromatic rings. The maximum atomic E-state index is 10.2. The van der Waals surface area contributed by atoms with Gasteiger partial charge in [-0.3, -0.25) is 9.11 Å². The lowest BCUT2D eigenvalue weighted by Crippen LogP contribution is -2.31. The number of rotatable bonds is 3. The predicted molar refractivity (Wildman–Crippen MR) is 42.4 cm³/mol. The van der Waals surface area contributed by atoms with E-state index >= 15 is 0 Å². The lowest BCUT2D eigenvalue weighted by atomic mass is 10.9. The molecule has 0 bridgehead atoms. The van der Waals surface area contributed by atoms with Crippen molar-refractivity contribution in [1.29, 1.82) is 0 Å². The van der Waals surface area contributed by atoms with E-state index in [1.165, 1.54) is 0 Å². The van der Waals surface area contributed by atoms with Gasteiger partial charge in [0.25, 0.3) is 20.2 Å². The van der Waals surface area contributed by atoms with Crippen molar-refractivity contribution in [2.75, 3.05) is 0 Å². The zero-order valence-corrected chi connectivity index (χ0v) is 8.40. The van der Waals surface area contributed by atoms with Crippen molar-refractivity contribution in [2.24, 2.45) is 0 Å². The summed E-state index contributed by atoms with van der Waals surface area (Å²) in [5.74, 6) is 0. The highest BCUT2D eigenvalue weighted by atomic mass is 35.5. The SMILES string of the molecule is O=S(=O)(O)C(Cl)C(Cl)S(=O)(=O)O. The average molecular weight is 259 g/mol. The summed E-state index contributed by atoms with van der Waals surface area (Å²) in [5, 5.41) is 0. The van der Waals surface area contributed by atoms with Crippen LogP contribution in [0.2, 0.25) is 0 Å². The van der Waals surface area contributed by atoms with Gasteiger partial charge in [0.05, 0.1) is 0 Å². The fraction of sp³-hybridized carbons (Fsp3) is 1.00. The Hall–Kier alpha value is 0.400. The Morgan fingerprint density at radius 1 is 0.833 bits per heavy atom. The molecule has 0 radical (unpaired) electrons. The summed E-state index contributed by atoms with van der Waals surface area (Å²) in [7, 11) is -9.58. The molecular formula is C2H4Cl2O6S2. The van der Waals surface area contributed by atoms with Crippen molar-refractivity contribution >= 4 is 43.4 Å². The zero-order valence-electron chi connectivity index (χ0n) is 5.25. The predicted octanol–water partition coefficient (Wildman–Crippen LogP) is -0.108. The lowest BCUT2D eigenvalue weighted by molar-refractivity contribution is 0.464. The van der Waals surface area contributed by atoms with E-state index in [1.54, 1.807) is 0 Å². The van der Waals surface area contributed by atoms with Gasteiger partial charge in [-0.1, -0.05) is 23.2 Å². The minimum Gasteiger partial charge on any atom is -0.284 e. The fourth-order valence-electron chi connectivity index (χ4n) is 0.270. The monoisotopic (exact) mass is 258 g/mol. The van der Waals surface area contributed by atoms with Crippen molar-refractivity contribution in [1.82, 2.24) is 0 Å². The Morgan fingerprint density at radius 3 is 1.08 bits per heavy atom. The zero-order chi connectivity index (χ0) is 10.2. The van der Waals surface area contributed by atoms with E-state index in [1.807, 2.05) is 0 Å². The molecule has 0 saturated heterocycles. The first kappa shape index (κ1) is 12.4. The van der Waals surface area contributed by atoms with Gasteiger partial charge < -0.3 is 0 Å². The van der Waals surface area contributed by atoms with E-state index < -0.39 is 29.7 Å². The van der Waals surface area contributed by atoms with Crippen LogP contribution in [0.5, 0.6) is 0 Å². The molecule has 0 rings (SSSR count). The summed E-state index contributed by atoms with van der Waals surface area (Å²) in [5.41, 5.74) is 0. The molecule has 0 aliphatic heterocycles. The second kappa shape index (κ2) is 3.64. The Bertz CT molecular complexity index is 306. The molecule has 74 valence electrons. The highest BCUT2D eigenvalue weighted by Gasteiger charge is 2.37. The van der Waals surface area contributed by atoms with Gasteiger partial charge in [-0.15, -0.1) is 0 Å². The molecule has 10 heteroatoms. The van der Waals surface area contributed by atoms with Gasteiger partial charge in [-0.2, -0.15) is 16.8 Å². The van der Waals surface area contributed by atoms with Crippen LogP contribution in [0.25, 0.3) is 0 Å². The number of alkyl halides is 2. The Balaban J connectivity index is 4.89. The Labute approximate surface area is 79.0 Å². The van der Waals surface area contributed by atoms with Crippen LogP contribution in [0.4, 0.5) is 0 Å².